The third-order valence-corrected chi connectivity index (χ3v) is 10.6. The zero-order chi connectivity index (χ0) is 29.9. The van der Waals surface area contributed by atoms with Crippen LogP contribution in [0, 0.1) is 0 Å². The van der Waals surface area contributed by atoms with Crippen LogP contribution in [-0.4, -0.2) is 9.55 Å². The first-order valence-electron chi connectivity index (χ1n) is 15.4. The fourth-order valence-electron chi connectivity index (χ4n) is 7.40. The molecule has 0 aliphatic rings. The average molecular weight is 607 g/mol. The molecule has 0 aliphatic heterocycles. The van der Waals surface area contributed by atoms with Crippen LogP contribution in [0.5, 0.6) is 0 Å². The molecule has 0 radical (unpaired) electrons. The van der Waals surface area contributed by atoms with E-state index in [1.807, 2.05) is 35.6 Å². The Hall–Kier alpha value is -5.91. The van der Waals surface area contributed by atoms with E-state index in [0.717, 1.165) is 49.7 Å². The maximum atomic E-state index is 6.71. The molecule has 0 N–H and O–H groups in total. The van der Waals surface area contributed by atoms with Gasteiger partial charge in [0.15, 0.2) is 5.58 Å². The molecule has 11 rings (SSSR count). The molecule has 0 saturated carbocycles. The van der Waals surface area contributed by atoms with Crippen molar-refractivity contribution in [2.45, 2.75) is 0 Å². The third kappa shape index (κ3) is 3.19. The summed E-state index contributed by atoms with van der Waals surface area (Å²) in [5.41, 5.74) is 7.71. The van der Waals surface area contributed by atoms with E-state index in [9.17, 15) is 0 Å². The summed E-state index contributed by atoms with van der Waals surface area (Å²) >= 11 is 1.87. The first kappa shape index (κ1) is 24.4. The van der Waals surface area contributed by atoms with Gasteiger partial charge in [-0.2, -0.15) is 0 Å². The fourth-order valence-corrected chi connectivity index (χ4v) is 8.64. The van der Waals surface area contributed by atoms with Crippen LogP contribution in [0.15, 0.2) is 142 Å². The summed E-state index contributed by atoms with van der Waals surface area (Å²) in [7, 11) is 0. The Morgan fingerprint density at radius 1 is 0.543 bits per heavy atom. The van der Waals surface area contributed by atoms with Crippen LogP contribution in [-0.2, 0) is 0 Å². The molecule has 4 nitrogen and oxygen atoms in total. The molecule has 214 valence electrons. The molecule has 0 bridgehead atoms. The molecule has 0 atom stereocenters. The van der Waals surface area contributed by atoms with Crippen LogP contribution < -0.4 is 0 Å². The van der Waals surface area contributed by atoms with E-state index in [1.165, 1.54) is 47.4 Å². The normalized spacial score (nSPS) is 12.3. The predicted molar refractivity (Wildman–Crippen MR) is 191 cm³/mol. The van der Waals surface area contributed by atoms with Crippen molar-refractivity contribution < 1.29 is 8.83 Å². The Bertz CT molecular complexity index is 3010. The molecular formula is C41H22N2O2S. The minimum absolute atomic E-state index is 0.587. The van der Waals surface area contributed by atoms with Gasteiger partial charge in [-0.15, -0.1) is 11.3 Å². The lowest BCUT2D eigenvalue weighted by molar-refractivity contribution is 0.619. The Morgan fingerprint density at radius 2 is 1.30 bits per heavy atom. The Morgan fingerprint density at radius 3 is 2.24 bits per heavy atom. The van der Waals surface area contributed by atoms with Gasteiger partial charge in [-0.1, -0.05) is 84.9 Å². The van der Waals surface area contributed by atoms with Crippen molar-refractivity contribution >= 4 is 97.1 Å². The van der Waals surface area contributed by atoms with Gasteiger partial charge in [0.2, 0.25) is 5.89 Å². The van der Waals surface area contributed by atoms with Gasteiger partial charge in [0.25, 0.3) is 0 Å². The van der Waals surface area contributed by atoms with Gasteiger partial charge in [0, 0.05) is 42.6 Å². The van der Waals surface area contributed by atoms with Gasteiger partial charge in [-0.25, -0.2) is 4.98 Å². The second-order valence-corrected chi connectivity index (χ2v) is 13.0. The number of aromatic nitrogens is 2. The highest BCUT2D eigenvalue weighted by Crippen LogP contribution is 2.47. The molecule has 7 aromatic carbocycles. The number of furan rings is 1. The van der Waals surface area contributed by atoms with Crippen molar-refractivity contribution in [3.63, 3.8) is 0 Å². The monoisotopic (exact) mass is 606 g/mol. The number of fused-ring (bicyclic) bond motifs is 12. The van der Waals surface area contributed by atoms with E-state index in [-0.39, 0.29) is 0 Å². The lowest BCUT2D eigenvalue weighted by atomic mass is 10.0. The highest BCUT2D eigenvalue weighted by Gasteiger charge is 2.23. The van der Waals surface area contributed by atoms with E-state index in [4.69, 9.17) is 13.8 Å². The van der Waals surface area contributed by atoms with E-state index < -0.39 is 0 Å². The summed E-state index contributed by atoms with van der Waals surface area (Å²) in [6, 6.07) is 47.1. The smallest absolute Gasteiger partial charge is 0.227 e. The van der Waals surface area contributed by atoms with E-state index in [1.54, 1.807) is 0 Å². The van der Waals surface area contributed by atoms with Crippen LogP contribution in [0.4, 0.5) is 0 Å². The first-order chi connectivity index (χ1) is 22.8. The summed E-state index contributed by atoms with van der Waals surface area (Å²) in [5.74, 6) is 0.587. The minimum atomic E-state index is 0.587. The van der Waals surface area contributed by atoms with E-state index >= 15 is 0 Å². The van der Waals surface area contributed by atoms with Gasteiger partial charge >= 0.3 is 0 Å². The van der Waals surface area contributed by atoms with Crippen molar-refractivity contribution in [1.29, 1.82) is 0 Å². The van der Waals surface area contributed by atoms with Crippen LogP contribution in [0.3, 0.4) is 0 Å². The third-order valence-electron chi connectivity index (χ3n) is 9.40. The van der Waals surface area contributed by atoms with Gasteiger partial charge < -0.3 is 13.4 Å². The molecule has 0 aliphatic carbocycles. The van der Waals surface area contributed by atoms with Gasteiger partial charge in [0.05, 0.1) is 26.8 Å². The Kier molecular flexibility index (Phi) is 4.69. The summed E-state index contributed by atoms with van der Waals surface area (Å²) in [6.45, 7) is 0. The lowest BCUT2D eigenvalue weighted by Crippen LogP contribution is -1.97. The summed E-state index contributed by atoms with van der Waals surface area (Å²) < 4.78 is 17.9. The van der Waals surface area contributed by atoms with Gasteiger partial charge in [-0.05, 0) is 53.9 Å². The number of oxazole rings is 1. The summed E-state index contributed by atoms with van der Waals surface area (Å²) in [5, 5.41) is 9.55. The van der Waals surface area contributed by atoms with Crippen molar-refractivity contribution in [1.82, 2.24) is 9.55 Å². The van der Waals surface area contributed by atoms with Crippen molar-refractivity contribution in [3.05, 3.63) is 133 Å². The van der Waals surface area contributed by atoms with Gasteiger partial charge in [0.1, 0.15) is 16.7 Å². The summed E-state index contributed by atoms with van der Waals surface area (Å²) in [4.78, 5) is 4.75. The van der Waals surface area contributed by atoms with Crippen LogP contribution >= 0.6 is 11.3 Å². The average Bonchev–Trinajstić information content (AvgIpc) is 3.87. The Labute approximate surface area is 265 Å². The maximum absolute atomic E-state index is 6.71. The molecule has 46 heavy (non-hydrogen) atoms. The predicted octanol–water partition coefficient (Wildman–Crippen LogP) is 12.0. The second kappa shape index (κ2) is 8.84. The first-order valence-corrected chi connectivity index (χ1v) is 16.2. The van der Waals surface area contributed by atoms with E-state index in [0.29, 0.717) is 5.89 Å². The molecule has 0 fully saturated rings. The quantitative estimate of drug-likeness (QED) is 0.197. The SMILES string of the molecule is c1ccc2c(-n3c4ccccc4c4ccc5c6ccccc6sc5c43)c3c(cc2c1)oc1cc(-c2nc4ccccc4o2)ccc13. The molecule has 0 saturated heterocycles. The number of hydrogen-bond donors (Lipinski definition) is 0. The van der Waals surface area contributed by atoms with E-state index in [2.05, 4.69) is 114 Å². The zero-order valence-electron chi connectivity index (χ0n) is 24.3. The highest BCUT2D eigenvalue weighted by atomic mass is 32.1. The molecule has 0 unspecified atom stereocenters. The topological polar surface area (TPSA) is 44.1 Å². The molecule has 5 heteroatoms. The molecule has 0 amide bonds. The highest BCUT2D eigenvalue weighted by molar-refractivity contribution is 7.26. The molecule has 11 aromatic rings. The molecule has 4 aromatic heterocycles. The van der Waals surface area contributed by atoms with Crippen molar-refractivity contribution in [2.75, 3.05) is 0 Å². The van der Waals surface area contributed by atoms with Crippen molar-refractivity contribution in [3.8, 4) is 17.1 Å². The van der Waals surface area contributed by atoms with Crippen molar-refractivity contribution in [2.24, 2.45) is 0 Å². The molecule has 4 heterocycles. The number of benzene rings is 7. The second-order valence-electron chi connectivity index (χ2n) is 11.9. The number of rotatable bonds is 2. The summed E-state index contributed by atoms with van der Waals surface area (Å²) in [6.07, 6.45) is 0. The maximum Gasteiger partial charge on any atom is 0.227 e. The molecule has 0 spiro atoms. The zero-order valence-corrected chi connectivity index (χ0v) is 25.1. The van der Waals surface area contributed by atoms with Gasteiger partial charge in [-0.3, -0.25) is 0 Å². The van der Waals surface area contributed by atoms with Crippen LogP contribution in [0.2, 0.25) is 0 Å². The minimum Gasteiger partial charge on any atom is -0.456 e. The number of thiophene rings is 1. The van der Waals surface area contributed by atoms with Crippen LogP contribution in [0.1, 0.15) is 0 Å². The Balaban J connectivity index is 1.30. The number of para-hydroxylation sites is 3. The number of hydrogen-bond acceptors (Lipinski definition) is 4. The largest absolute Gasteiger partial charge is 0.456 e. The molecular weight excluding hydrogens is 585 g/mol. The standard InChI is InChI=1S/C41H22N2O2S/c1-2-10-25-23(9-1)21-35-37(30-18-17-24(22-34(30)44-35)41-42-31-13-5-7-15-33(31)45-41)38(25)43-32-14-6-3-11-26(32)28-19-20-29-27-12-4-8-16-36(27)46-40(29)39(28)43/h1-22H. The number of nitrogens with zero attached hydrogens (tertiary/aromatic N) is 2. The lowest BCUT2D eigenvalue weighted by Gasteiger charge is -2.14. The van der Waals surface area contributed by atoms with Crippen LogP contribution in [0.25, 0.3) is 103 Å². The fraction of sp³-hybridized carbons (Fsp3) is 0.